The molecule has 0 spiro atoms. The molecule has 0 aliphatic carbocycles. The highest BCUT2D eigenvalue weighted by molar-refractivity contribution is 7.45. The Morgan fingerprint density at radius 1 is 0.625 bits per heavy atom. The van der Waals surface area contributed by atoms with E-state index in [0.29, 0.717) is 23.9 Å². The molecule has 0 saturated heterocycles. The van der Waals surface area contributed by atoms with Crippen molar-refractivity contribution in [3.8, 4) is 0 Å². The number of phosphoric acid groups is 1. The van der Waals surface area contributed by atoms with Crippen LogP contribution in [0.3, 0.4) is 0 Å². The van der Waals surface area contributed by atoms with Crippen LogP contribution in [-0.2, 0) is 32.7 Å². The highest BCUT2D eigenvalue weighted by Gasteiger charge is 2.21. The lowest BCUT2D eigenvalue weighted by atomic mass is 10.1. The first kappa shape index (κ1) is 46.8. The Hall–Kier alpha value is -1.25. The number of nitrogens with zero attached hydrogens (tertiary/aromatic N) is 1. The molecule has 284 valence electrons. The zero-order chi connectivity index (χ0) is 35.8. The summed E-state index contributed by atoms with van der Waals surface area (Å²) in [6, 6.07) is 0. The van der Waals surface area contributed by atoms with Crippen LogP contribution in [0.5, 0.6) is 0 Å². The highest BCUT2D eigenvalue weighted by Crippen LogP contribution is 2.38. The van der Waals surface area contributed by atoms with Gasteiger partial charge in [-0.1, -0.05) is 129 Å². The molecule has 0 heterocycles. The van der Waals surface area contributed by atoms with Gasteiger partial charge >= 0.3 is 11.9 Å². The molecule has 10 heteroatoms. The Balaban J connectivity index is 4.40. The van der Waals surface area contributed by atoms with E-state index in [-0.39, 0.29) is 26.1 Å². The Labute approximate surface area is 295 Å². The van der Waals surface area contributed by atoms with Gasteiger partial charge in [0.2, 0.25) is 0 Å². The molecular formula is C38H74NO8P. The van der Waals surface area contributed by atoms with Crippen molar-refractivity contribution in [1.82, 2.24) is 0 Å². The summed E-state index contributed by atoms with van der Waals surface area (Å²) in [5.41, 5.74) is 0. The molecule has 0 aromatic rings. The molecule has 0 aliphatic heterocycles. The topological polar surface area (TPSA) is 111 Å². The van der Waals surface area contributed by atoms with Gasteiger partial charge in [-0.05, 0) is 38.5 Å². The fourth-order valence-corrected chi connectivity index (χ4v) is 5.91. The van der Waals surface area contributed by atoms with Gasteiger partial charge in [-0.2, -0.15) is 0 Å². The van der Waals surface area contributed by atoms with Crippen molar-refractivity contribution in [1.29, 1.82) is 0 Å². The van der Waals surface area contributed by atoms with Crippen LogP contribution in [-0.4, -0.2) is 70.0 Å². The SMILES string of the molecule is CCCCCCCCCCC/C=C/CCCCC(=O)OC[C@@H](COP(=O)([O-])OCC[N+](C)(C)C)OC(=O)CCCCCCCCCCC. The minimum absolute atomic E-state index is 0.0310. The molecule has 0 aromatic heterocycles. The van der Waals surface area contributed by atoms with Crippen molar-refractivity contribution >= 4 is 19.8 Å². The van der Waals surface area contributed by atoms with Crippen LogP contribution < -0.4 is 4.89 Å². The minimum atomic E-state index is -4.61. The average molecular weight is 704 g/mol. The predicted octanol–water partition coefficient (Wildman–Crippen LogP) is 9.61. The van der Waals surface area contributed by atoms with Gasteiger partial charge in [0.05, 0.1) is 27.7 Å². The minimum Gasteiger partial charge on any atom is -0.756 e. The van der Waals surface area contributed by atoms with E-state index in [2.05, 4.69) is 26.0 Å². The molecule has 0 bridgehead atoms. The third-order valence-electron chi connectivity index (χ3n) is 8.29. The molecule has 0 amide bonds. The predicted molar refractivity (Wildman–Crippen MR) is 195 cm³/mol. The first-order valence-corrected chi connectivity index (χ1v) is 20.9. The molecule has 9 nitrogen and oxygen atoms in total. The Bertz CT molecular complexity index is 845. The van der Waals surface area contributed by atoms with Crippen LogP contribution in [0.15, 0.2) is 12.2 Å². The Morgan fingerprint density at radius 2 is 1.06 bits per heavy atom. The number of allylic oxidation sites excluding steroid dienone is 2. The Morgan fingerprint density at radius 3 is 1.58 bits per heavy atom. The van der Waals surface area contributed by atoms with E-state index in [1.807, 2.05) is 21.1 Å². The van der Waals surface area contributed by atoms with Crippen LogP contribution in [0, 0.1) is 0 Å². The number of esters is 2. The standard InChI is InChI=1S/C38H74NO8P/c1-6-8-10-12-14-16-17-18-19-20-21-23-24-26-28-30-37(40)44-34-36(35-46-48(42,43)45-33-32-39(3,4)5)47-38(41)31-29-27-25-22-15-13-11-9-7-2/h21,23,36H,6-20,22,24-35H2,1-5H3/b23-21+/t36-/m0/s1. The molecule has 0 rings (SSSR count). The summed E-state index contributed by atoms with van der Waals surface area (Å²) in [4.78, 5) is 37.2. The van der Waals surface area contributed by atoms with Crippen LogP contribution in [0.2, 0.25) is 0 Å². The maximum absolute atomic E-state index is 12.5. The van der Waals surface area contributed by atoms with Gasteiger partial charge < -0.3 is 27.9 Å². The summed E-state index contributed by atoms with van der Waals surface area (Å²) in [6.07, 6.45) is 29.6. The quantitative estimate of drug-likeness (QED) is 0.0211. The van der Waals surface area contributed by atoms with Gasteiger partial charge in [-0.25, -0.2) is 0 Å². The summed E-state index contributed by atoms with van der Waals surface area (Å²) < 4.78 is 33.7. The van der Waals surface area contributed by atoms with E-state index in [1.165, 1.54) is 89.9 Å². The van der Waals surface area contributed by atoms with Crippen molar-refractivity contribution in [2.75, 3.05) is 47.5 Å². The second kappa shape index (κ2) is 31.7. The van der Waals surface area contributed by atoms with Gasteiger partial charge in [0, 0.05) is 12.8 Å². The average Bonchev–Trinajstić information content (AvgIpc) is 3.02. The zero-order valence-corrected chi connectivity index (χ0v) is 32.6. The van der Waals surface area contributed by atoms with Crippen LogP contribution in [0.4, 0.5) is 0 Å². The zero-order valence-electron chi connectivity index (χ0n) is 31.7. The number of hydrogen-bond acceptors (Lipinski definition) is 8. The number of carbonyl (C=O) groups excluding carboxylic acids is 2. The maximum Gasteiger partial charge on any atom is 0.306 e. The van der Waals surface area contributed by atoms with Gasteiger partial charge in [0.1, 0.15) is 19.8 Å². The van der Waals surface area contributed by atoms with Crippen LogP contribution >= 0.6 is 7.82 Å². The summed E-state index contributed by atoms with van der Waals surface area (Å²) in [7, 11) is 1.16. The van der Waals surface area contributed by atoms with E-state index in [1.54, 1.807) is 0 Å². The van der Waals surface area contributed by atoms with E-state index >= 15 is 0 Å². The van der Waals surface area contributed by atoms with Gasteiger partial charge in [-0.15, -0.1) is 0 Å². The number of hydrogen-bond donors (Lipinski definition) is 0. The van der Waals surface area contributed by atoms with E-state index in [4.69, 9.17) is 18.5 Å². The summed E-state index contributed by atoms with van der Waals surface area (Å²) >= 11 is 0. The van der Waals surface area contributed by atoms with Crippen molar-refractivity contribution < 1.29 is 42.1 Å². The summed E-state index contributed by atoms with van der Waals surface area (Å²) in [5.74, 6) is -0.860. The fraction of sp³-hybridized carbons (Fsp3) is 0.895. The second-order valence-electron chi connectivity index (χ2n) is 14.3. The molecule has 1 unspecified atom stereocenters. The lowest BCUT2D eigenvalue weighted by Crippen LogP contribution is -2.37. The lowest BCUT2D eigenvalue weighted by Gasteiger charge is -2.28. The van der Waals surface area contributed by atoms with Gasteiger partial charge in [-0.3, -0.25) is 14.2 Å². The largest absolute Gasteiger partial charge is 0.756 e. The number of carbonyl (C=O) groups is 2. The number of likely N-dealkylation sites (N-methyl/N-ethyl adjacent to an activating group) is 1. The maximum atomic E-state index is 12.5. The highest BCUT2D eigenvalue weighted by atomic mass is 31.2. The number of unbranched alkanes of at least 4 members (excludes halogenated alkanes) is 19. The molecule has 0 aliphatic rings. The summed E-state index contributed by atoms with van der Waals surface area (Å²) in [6.45, 7) is 4.17. The summed E-state index contributed by atoms with van der Waals surface area (Å²) in [5, 5.41) is 0. The number of phosphoric ester groups is 1. The third kappa shape index (κ3) is 34.6. The molecule has 0 aromatic carbocycles. The van der Waals surface area contributed by atoms with Crippen molar-refractivity contribution in [2.24, 2.45) is 0 Å². The molecule has 48 heavy (non-hydrogen) atoms. The Kier molecular flexibility index (Phi) is 30.9. The second-order valence-corrected chi connectivity index (χ2v) is 15.7. The van der Waals surface area contributed by atoms with E-state index in [0.717, 1.165) is 38.5 Å². The van der Waals surface area contributed by atoms with Crippen molar-refractivity contribution in [3.63, 3.8) is 0 Å². The number of rotatable bonds is 35. The lowest BCUT2D eigenvalue weighted by molar-refractivity contribution is -0.870. The van der Waals surface area contributed by atoms with Crippen LogP contribution in [0.1, 0.15) is 168 Å². The van der Waals surface area contributed by atoms with Crippen LogP contribution in [0.25, 0.3) is 0 Å². The molecule has 0 fully saturated rings. The fourth-order valence-electron chi connectivity index (χ4n) is 5.18. The van der Waals surface area contributed by atoms with Gasteiger partial charge in [0.15, 0.2) is 6.10 Å². The molecule has 0 saturated carbocycles. The molecule has 0 N–H and O–H groups in total. The first-order chi connectivity index (χ1) is 23.0. The van der Waals surface area contributed by atoms with Gasteiger partial charge in [0.25, 0.3) is 7.82 Å². The third-order valence-corrected chi connectivity index (χ3v) is 9.25. The first-order valence-electron chi connectivity index (χ1n) is 19.4. The van der Waals surface area contributed by atoms with E-state index in [9.17, 15) is 19.0 Å². The smallest absolute Gasteiger partial charge is 0.306 e. The number of ether oxygens (including phenoxy) is 2. The monoisotopic (exact) mass is 704 g/mol. The molecule has 2 atom stereocenters. The molecule has 0 radical (unpaired) electrons. The van der Waals surface area contributed by atoms with Crippen molar-refractivity contribution in [3.05, 3.63) is 12.2 Å². The normalized spacial score (nSPS) is 13.9. The van der Waals surface area contributed by atoms with Crippen molar-refractivity contribution in [2.45, 2.75) is 174 Å². The molecular weight excluding hydrogens is 629 g/mol. The van der Waals surface area contributed by atoms with E-state index < -0.39 is 32.5 Å². The number of quaternary nitrogens is 1.